The lowest BCUT2D eigenvalue weighted by molar-refractivity contribution is -0.870. The quantitative estimate of drug-likeness (QED) is 0.450. The first kappa shape index (κ1) is 22.9. The van der Waals surface area contributed by atoms with Crippen molar-refractivity contribution in [3.8, 4) is 0 Å². The minimum atomic E-state index is -0.0267. The molecule has 1 aliphatic carbocycles. The Hall–Kier alpha value is -1.77. The maximum atomic E-state index is 6.68. The minimum Gasteiger partial charge on any atom is -0.344 e. The van der Waals surface area contributed by atoms with E-state index in [0.29, 0.717) is 0 Å². The summed E-state index contributed by atoms with van der Waals surface area (Å²) in [6.45, 7) is 13.0. The average molecular weight is 426 g/mol. The number of hydrogen-bond acceptors (Lipinski definition) is 1. The lowest BCUT2D eigenvalue weighted by atomic mass is 9.83. The smallest absolute Gasteiger partial charge is 0.0797 e. The molecule has 0 atom stereocenters. The molecule has 30 heavy (non-hydrogen) atoms. The molecule has 0 spiro atoms. The molecule has 0 aromatic heterocycles. The van der Waals surface area contributed by atoms with Gasteiger partial charge in [-0.15, -0.1) is 0 Å². The van der Waals surface area contributed by atoms with E-state index in [0.717, 1.165) is 48.3 Å². The Labute approximate surface area is 188 Å². The molecule has 0 unspecified atom stereocenters. The van der Waals surface area contributed by atoms with E-state index in [4.69, 9.17) is 11.6 Å². The molecular formula is C27H38ClN2+. The maximum absolute atomic E-state index is 6.68. The van der Waals surface area contributed by atoms with Crippen LogP contribution in [0.1, 0.15) is 50.7 Å². The molecule has 0 amide bonds. The van der Waals surface area contributed by atoms with Gasteiger partial charge in [-0.3, -0.25) is 0 Å². The topological polar surface area (TPSA) is 3.24 Å². The second-order valence-electron chi connectivity index (χ2n) is 10.3. The minimum absolute atomic E-state index is 0.0267. The summed E-state index contributed by atoms with van der Waals surface area (Å²) in [6.07, 6.45) is 10.9. The Morgan fingerprint density at radius 3 is 2.57 bits per heavy atom. The first-order chi connectivity index (χ1) is 14.0. The van der Waals surface area contributed by atoms with Crippen LogP contribution in [0, 0.1) is 6.92 Å². The zero-order valence-electron chi connectivity index (χ0n) is 19.7. The summed E-state index contributed by atoms with van der Waals surface area (Å²) in [4.78, 5) is 2.54. The molecule has 3 heteroatoms. The Balaban J connectivity index is 2.00. The average Bonchev–Trinajstić information content (AvgIpc) is 2.86. The van der Waals surface area contributed by atoms with E-state index >= 15 is 0 Å². The molecule has 2 nitrogen and oxygen atoms in total. The van der Waals surface area contributed by atoms with E-state index in [1.54, 1.807) is 0 Å². The van der Waals surface area contributed by atoms with Crippen molar-refractivity contribution in [2.45, 2.75) is 51.9 Å². The molecule has 0 radical (unpaired) electrons. The van der Waals surface area contributed by atoms with Crippen molar-refractivity contribution in [1.29, 1.82) is 0 Å². The van der Waals surface area contributed by atoms with E-state index in [1.807, 2.05) is 6.08 Å². The lowest BCUT2D eigenvalue weighted by Gasteiger charge is -2.29. The van der Waals surface area contributed by atoms with Gasteiger partial charge >= 0.3 is 0 Å². The summed E-state index contributed by atoms with van der Waals surface area (Å²) in [5.74, 6) is 0. The lowest BCUT2D eigenvalue weighted by Crippen LogP contribution is -2.37. The summed E-state index contributed by atoms with van der Waals surface area (Å²) < 4.78 is 0.992. The number of nitrogens with zero attached hydrogens (tertiary/aromatic N) is 2. The van der Waals surface area contributed by atoms with Gasteiger partial charge in [0.25, 0.3) is 0 Å². The third-order valence-electron chi connectivity index (χ3n) is 6.40. The number of quaternary nitrogens is 1. The number of rotatable bonds is 6. The fourth-order valence-electron chi connectivity index (χ4n) is 4.66. The number of halogens is 1. The van der Waals surface area contributed by atoms with Crippen LogP contribution in [0.15, 0.2) is 64.9 Å². The largest absolute Gasteiger partial charge is 0.344 e. The van der Waals surface area contributed by atoms with Crippen molar-refractivity contribution in [2.75, 3.05) is 39.1 Å². The molecular weight excluding hydrogens is 388 g/mol. The molecule has 0 N–H and O–H groups in total. The van der Waals surface area contributed by atoms with Gasteiger partial charge in [0.05, 0.1) is 27.7 Å². The van der Waals surface area contributed by atoms with Gasteiger partial charge < -0.3 is 9.38 Å². The van der Waals surface area contributed by atoms with E-state index in [2.05, 4.69) is 83.7 Å². The van der Waals surface area contributed by atoms with Gasteiger partial charge in [-0.05, 0) is 55.0 Å². The highest BCUT2D eigenvalue weighted by Gasteiger charge is 2.39. The molecule has 1 heterocycles. The number of benzene rings is 1. The van der Waals surface area contributed by atoms with Crippen LogP contribution in [0.2, 0.25) is 0 Å². The number of hydrogen-bond donors (Lipinski definition) is 0. The molecule has 0 fully saturated rings. The van der Waals surface area contributed by atoms with Crippen LogP contribution in [-0.4, -0.2) is 38.7 Å². The summed E-state index contributed by atoms with van der Waals surface area (Å²) in [6, 6.07) is 6.90. The number of allylic oxidation sites excluding steroid dienone is 7. The Bertz CT molecular complexity index is 909. The van der Waals surface area contributed by atoms with Crippen LogP contribution >= 0.6 is 11.6 Å². The Morgan fingerprint density at radius 2 is 1.90 bits per heavy atom. The monoisotopic (exact) mass is 425 g/mol. The van der Waals surface area contributed by atoms with E-state index in [9.17, 15) is 0 Å². The first-order valence-corrected chi connectivity index (χ1v) is 11.5. The third-order valence-corrected chi connectivity index (χ3v) is 6.89. The van der Waals surface area contributed by atoms with Gasteiger partial charge in [-0.1, -0.05) is 61.9 Å². The molecule has 0 saturated carbocycles. The number of aryl methyl sites for hydroxylation is 1. The van der Waals surface area contributed by atoms with E-state index < -0.39 is 0 Å². The van der Waals surface area contributed by atoms with Crippen LogP contribution in [0.3, 0.4) is 0 Å². The van der Waals surface area contributed by atoms with Crippen LogP contribution in [-0.2, 0) is 5.41 Å². The predicted molar refractivity (Wildman–Crippen MR) is 132 cm³/mol. The highest BCUT2D eigenvalue weighted by molar-refractivity contribution is 6.32. The summed E-state index contributed by atoms with van der Waals surface area (Å²) in [7, 11) is 6.79. The van der Waals surface area contributed by atoms with Crippen molar-refractivity contribution in [1.82, 2.24) is 0 Å². The van der Waals surface area contributed by atoms with Gasteiger partial charge in [0.2, 0.25) is 0 Å². The number of fused-ring (bicyclic) bond motifs is 1. The normalized spacial score (nSPS) is 21.5. The highest BCUT2D eigenvalue weighted by atomic mass is 35.5. The fourth-order valence-corrected chi connectivity index (χ4v) is 4.99. The molecule has 1 aliphatic heterocycles. The standard InChI is InChI=1S/C27H38ClN2/c1-8-21-11-9-12-22(26(21)28)14-16-25-27(3,4)23-19-20(2)13-15-24(23)29(25)17-10-18-30(5,6)7/h8,13-16,19H,1,9-12,17-18H2,2-7H3/q+1/b22-14+,25-16+. The van der Waals surface area contributed by atoms with E-state index in [-0.39, 0.29) is 5.41 Å². The molecule has 1 aromatic carbocycles. The summed E-state index contributed by atoms with van der Waals surface area (Å²) in [5.41, 5.74) is 7.86. The molecule has 2 aliphatic rings. The first-order valence-electron chi connectivity index (χ1n) is 11.2. The zero-order valence-corrected chi connectivity index (χ0v) is 20.4. The van der Waals surface area contributed by atoms with Gasteiger partial charge in [-0.2, -0.15) is 0 Å². The maximum Gasteiger partial charge on any atom is 0.0797 e. The van der Waals surface area contributed by atoms with Gasteiger partial charge in [0.15, 0.2) is 0 Å². The van der Waals surface area contributed by atoms with Crippen LogP contribution < -0.4 is 4.90 Å². The van der Waals surface area contributed by atoms with Gasteiger partial charge in [0, 0.05) is 34.8 Å². The highest BCUT2D eigenvalue weighted by Crippen LogP contribution is 2.48. The van der Waals surface area contributed by atoms with Crippen molar-refractivity contribution < 1.29 is 4.48 Å². The van der Waals surface area contributed by atoms with Crippen LogP contribution in [0.4, 0.5) is 5.69 Å². The predicted octanol–water partition coefficient (Wildman–Crippen LogP) is 6.86. The van der Waals surface area contributed by atoms with Crippen LogP contribution in [0.25, 0.3) is 0 Å². The molecule has 0 bridgehead atoms. The second kappa shape index (κ2) is 8.77. The molecule has 3 rings (SSSR count). The summed E-state index contributed by atoms with van der Waals surface area (Å²) >= 11 is 6.68. The van der Waals surface area contributed by atoms with Gasteiger partial charge in [0.1, 0.15) is 0 Å². The SMILES string of the molecule is C=CC1=C(Cl)/C(=C/C=C2/N(CCC[N+](C)(C)C)c3ccc(C)cc3C2(C)C)CCC1. The van der Waals surface area contributed by atoms with Crippen LogP contribution in [0.5, 0.6) is 0 Å². The molecule has 162 valence electrons. The Morgan fingerprint density at radius 1 is 1.17 bits per heavy atom. The fraction of sp³-hybridized carbons (Fsp3) is 0.481. The Kier molecular flexibility index (Phi) is 6.69. The third kappa shape index (κ3) is 4.76. The zero-order chi connectivity index (χ0) is 22.1. The molecule has 0 saturated heterocycles. The molecule has 1 aromatic rings. The van der Waals surface area contributed by atoms with Crippen molar-refractivity contribution in [2.24, 2.45) is 0 Å². The summed E-state index contributed by atoms with van der Waals surface area (Å²) in [5, 5.41) is 0.897. The second-order valence-corrected chi connectivity index (χ2v) is 10.7. The van der Waals surface area contributed by atoms with Crippen molar-refractivity contribution in [3.05, 3.63) is 76.0 Å². The number of anilines is 1. The van der Waals surface area contributed by atoms with Crippen molar-refractivity contribution in [3.63, 3.8) is 0 Å². The van der Waals surface area contributed by atoms with Crippen molar-refractivity contribution >= 4 is 17.3 Å². The van der Waals surface area contributed by atoms with E-state index in [1.165, 1.54) is 33.7 Å². The van der Waals surface area contributed by atoms with Gasteiger partial charge in [-0.25, -0.2) is 0 Å².